The average Bonchev–Trinajstić information content (AvgIpc) is 3.28. The fraction of sp³-hybridized carbons (Fsp3) is 0.286. The van der Waals surface area contributed by atoms with Crippen LogP contribution in [0.5, 0.6) is 5.75 Å². The van der Waals surface area contributed by atoms with Crippen molar-refractivity contribution in [1.82, 2.24) is 9.21 Å². The summed E-state index contributed by atoms with van der Waals surface area (Å²) < 4.78 is 32.3. The van der Waals surface area contributed by atoms with Crippen LogP contribution < -0.4 is 4.74 Å². The van der Waals surface area contributed by atoms with Gasteiger partial charge in [-0.3, -0.25) is 19.3 Å². The summed E-state index contributed by atoms with van der Waals surface area (Å²) in [5.74, 6) is -1.51. The van der Waals surface area contributed by atoms with Gasteiger partial charge < -0.3 is 4.74 Å². The first-order valence-electron chi connectivity index (χ1n) is 9.58. The fourth-order valence-corrected chi connectivity index (χ4v) is 5.11. The number of hydrogen-bond acceptors (Lipinski definition) is 6. The highest BCUT2D eigenvalue weighted by Crippen LogP contribution is 2.24. The summed E-state index contributed by atoms with van der Waals surface area (Å²) in [7, 11) is -3.68. The van der Waals surface area contributed by atoms with Crippen molar-refractivity contribution >= 4 is 27.6 Å². The van der Waals surface area contributed by atoms with Crippen molar-refractivity contribution in [2.75, 3.05) is 26.2 Å². The summed E-state index contributed by atoms with van der Waals surface area (Å²) in [4.78, 5) is 38.9. The molecule has 0 aromatic heterocycles. The van der Waals surface area contributed by atoms with Gasteiger partial charge in [-0.1, -0.05) is 24.3 Å². The normalized spacial score (nSPS) is 17.4. The van der Waals surface area contributed by atoms with E-state index in [1.165, 1.54) is 34.6 Å². The maximum Gasteiger partial charge on any atom is 0.267 e. The number of imide groups is 1. The van der Waals surface area contributed by atoms with Crippen molar-refractivity contribution in [3.8, 4) is 5.75 Å². The number of Topliss-reactive ketones (excluding diaryl/α,β-unsaturated/α-hetero) is 1. The van der Waals surface area contributed by atoms with Crippen LogP contribution in [0.3, 0.4) is 0 Å². The minimum Gasteiger partial charge on any atom is -0.483 e. The smallest absolute Gasteiger partial charge is 0.267 e. The molecule has 2 amide bonds. The lowest BCUT2D eigenvalue weighted by atomic mass is 10.1. The number of nitrogens with zero attached hydrogens (tertiary/aromatic N) is 2. The van der Waals surface area contributed by atoms with E-state index in [4.69, 9.17) is 4.74 Å². The minimum absolute atomic E-state index is 0.0254. The molecule has 0 spiro atoms. The molecule has 2 heterocycles. The molecule has 1 saturated heterocycles. The monoisotopic (exact) mass is 428 g/mol. The van der Waals surface area contributed by atoms with Gasteiger partial charge in [0.1, 0.15) is 5.75 Å². The predicted molar refractivity (Wildman–Crippen MR) is 107 cm³/mol. The Hall–Kier alpha value is -3.04. The summed E-state index contributed by atoms with van der Waals surface area (Å²) in [6.45, 7) is 0.0510. The topological polar surface area (TPSA) is 101 Å². The van der Waals surface area contributed by atoms with Crippen LogP contribution in [0, 0.1) is 0 Å². The standard InChI is InChI=1S/C21H20N2O6S/c24-18(13-23-20(25)14-29-19-9-2-1-8-17(19)21(23)26)15-6-5-7-16(12-15)30(27,28)22-10-3-4-11-22/h1-2,5-9,12H,3-4,10-11,13-14H2. The first kappa shape index (κ1) is 20.2. The van der Waals surface area contributed by atoms with Crippen LogP contribution in [0.1, 0.15) is 33.6 Å². The molecule has 8 nitrogen and oxygen atoms in total. The van der Waals surface area contributed by atoms with E-state index in [2.05, 4.69) is 0 Å². The van der Waals surface area contributed by atoms with Crippen LogP contribution in [0.25, 0.3) is 0 Å². The molecule has 0 atom stereocenters. The first-order chi connectivity index (χ1) is 14.4. The quantitative estimate of drug-likeness (QED) is 0.531. The molecular weight excluding hydrogens is 408 g/mol. The van der Waals surface area contributed by atoms with Crippen LogP contribution in [0.2, 0.25) is 0 Å². The lowest BCUT2D eigenvalue weighted by Gasteiger charge is -2.18. The summed E-state index contributed by atoms with van der Waals surface area (Å²) in [6, 6.07) is 12.1. The Labute approximate surface area is 174 Å². The molecule has 9 heteroatoms. The molecular formula is C21H20N2O6S. The van der Waals surface area contributed by atoms with E-state index >= 15 is 0 Å². The number of para-hydroxylation sites is 1. The van der Waals surface area contributed by atoms with E-state index in [1.54, 1.807) is 18.2 Å². The zero-order valence-electron chi connectivity index (χ0n) is 16.1. The van der Waals surface area contributed by atoms with Crippen LogP contribution in [-0.4, -0.2) is 61.5 Å². The van der Waals surface area contributed by atoms with Crippen molar-refractivity contribution < 1.29 is 27.5 Å². The summed E-state index contributed by atoms with van der Waals surface area (Å²) in [5.41, 5.74) is 0.316. The molecule has 0 aliphatic carbocycles. The van der Waals surface area contributed by atoms with Gasteiger partial charge in [-0.2, -0.15) is 4.31 Å². The third kappa shape index (κ3) is 3.73. The van der Waals surface area contributed by atoms with Crippen LogP contribution in [0.4, 0.5) is 0 Å². The van der Waals surface area contributed by atoms with E-state index < -0.39 is 34.2 Å². The predicted octanol–water partition coefficient (Wildman–Crippen LogP) is 1.72. The Bertz CT molecular complexity index is 1120. The van der Waals surface area contributed by atoms with Crippen molar-refractivity contribution in [2.45, 2.75) is 17.7 Å². The molecule has 4 rings (SSSR count). The minimum atomic E-state index is -3.68. The zero-order valence-corrected chi connectivity index (χ0v) is 16.9. The Morgan fingerprint density at radius 3 is 2.50 bits per heavy atom. The van der Waals surface area contributed by atoms with Gasteiger partial charge in [0.15, 0.2) is 12.4 Å². The zero-order chi connectivity index (χ0) is 21.3. The number of amides is 2. The van der Waals surface area contributed by atoms with Gasteiger partial charge in [0.25, 0.3) is 11.8 Å². The second-order valence-electron chi connectivity index (χ2n) is 7.13. The highest BCUT2D eigenvalue weighted by molar-refractivity contribution is 7.89. The van der Waals surface area contributed by atoms with Crippen LogP contribution in [-0.2, 0) is 14.8 Å². The molecule has 0 unspecified atom stereocenters. The largest absolute Gasteiger partial charge is 0.483 e. The highest BCUT2D eigenvalue weighted by atomic mass is 32.2. The molecule has 2 aliphatic rings. The maximum atomic E-state index is 12.8. The number of carbonyl (C=O) groups excluding carboxylic acids is 3. The Morgan fingerprint density at radius 2 is 1.73 bits per heavy atom. The van der Waals surface area contributed by atoms with Gasteiger partial charge in [0.05, 0.1) is 17.0 Å². The number of sulfonamides is 1. The molecule has 0 radical (unpaired) electrons. The Morgan fingerprint density at radius 1 is 1.00 bits per heavy atom. The Balaban J connectivity index is 1.58. The molecule has 0 saturated carbocycles. The number of hydrogen-bond donors (Lipinski definition) is 0. The lowest BCUT2D eigenvalue weighted by molar-refractivity contribution is -0.129. The molecule has 2 aromatic rings. The molecule has 2 aliphatic heterocycles. The molecule has 2 aromatic carbocycles. The number of ketones is 1. The molecule has 30 heavy (non-hydrogen) atoms. The number of ether oxygens (including phenoxy) is 1. The average molecular weight is 428 g/mol. The van der Waals surface area contributed by atoms with Crippen LogP contribution >= 0.6 is 0 Å². The number of carbonyl (C=O) groups is 3. The first-order valence-corrected chi connectivity index (χ1v) is 11.0. The summed E-state index contributed by atoms with van der Waals surface area (Å²) >= 11 is 0. The number of fused-ring (bicyclic) bond motifs is 1. The summed E-state index contributed by atoms with van der Waals surface area (Å²) in [5, 5.41) is 0. The second kappa shape index (κ2) is 8.00. The fourth-order valence-electron chi connectivity index (χ4n) is 3.55. The third-order valence-electron chi connectivity index (χ3n) is 5.18. The van der Waals surface area contributed by atoms with Crippen molar-refractivity contribution in [3.05, 3.63) is 59.7 Å². The molecule has 0 bridgehead atoms. The molecule has 1 fully saturated rings. The second-order valence-corrected chi connectivity index (χ2v) is 9.07. The van der Waals surface area contributed by atoms with Crippen molar-refractivity contribution in [2.24, 2.45) is 0 Å². The maximum absolute atomic E-state index is 12.8. The lowest BCUT2D eigenvalue weighted by Crippen LogP contribution is -2.41. The van der Waals surface area contributed by atoms with E-state index in [-0.39, 0.29) is 28.4 Å². The van der Waals surface area contributed by atoms with Crippen molar-refractivity contribution in [1.29, 1.82) is 0 Å². The van der Waals surface area contributed by atoms with E-state index in [0.29, 0.717) is 13.1 Å². The number of benzene rings is 2. The van der Waals surface area contributed by atoms with Crippen LogP contribution in [0.15, 0.2) is 53.4 Å². The molecule has 156 valence electrons. The Kier molecular flexibility index (Phi) is 5.40. The summed E-state index contributed by atoms with van der Waals surface area (Å²) in [6.07, 6.45) is 1.61. The SMILES string of the molecule is O=C(CN1C(=O)COc2ccccc2C1=O)c1cccc(S(=O)(=O)N2CCCC2)c1. The molecule has 0 N–H and O–H groups in total. The highest BCUT2D eigenvalue weighted by Gasteiger charge is 2.32. The number of rotatable bonds is 5. The van der Waals surface area contributed by atoms with E-state index in [1.807, 2.05) is 0 Å². The van der Waals surface area contributed by atoms with Gasteiger partial charge in [-0.05, 0) is 37.1 Å². The van der Waals surface area contributed by atoms with Gasteiger partial charge in [-0.25, -0.2) is 8.42 Å². The van der Waals surface area contributed by atoms with Gasteiger partial charge in [0, 0.05) is 18.7 Å². The van der Waals surface area contributed by atoms with Crippen molar-refractivity contribution in [3.63, 3.8) is 0 Å². The van der Waals surface area contributed by atoms with E-state index in [9.17, 15) is 22.8 Å². The van der Waals surface area contributed by atoms with E-state index in [0.717, 1.165) is 17.7 Å². The van der Waals surface area contributed by atoms with Gasteiger partial charge in [0.2, 0.25) is 10.0 Å². The van der Waals surface area contributed by atoms with Gasteiger partial charge in [-0.15, -0.1) is 0 Å². The van der Waals surface area contributed by atoms with Gasteiger partial charge >= 0.3 is 0 Å². The third-order valence-corrected chi connectivity index (χ3v) is 7.07.